The Labute approximate surface area is 121 Å². The van der Waals surface area contributed by atoms with Gasteiger partial charge >= 0.3 is 0 Å². The second-order valence-corrected chi connectivity index (χ2v) is 4.19. The van der Waals surface area contributed by atoms with E-state index >= 15 is 0 Å². The fraction of sp³-hybridized carbons (Fsp3) is 0.647. The average molecular weight is 266 g/mol. The SMILES string of the molecule is C=C/C1=C(\C=C)NCCCNCCC1.CC.CCC. The first-order chi connectivity index (χ1) is 9.29. The molecule has 0 fully saturated rings. The molecule has 0 unspecified atom stereocenters. The van der Waals surface area contributed by atoms with Crippen molar-refractivity contribution in [2.24, 2.45) is 0 Å². The molecule has 0 aromatic rings. The molecular formula is C17H34N2. The van der Waals surface area contributed by atoms with Crippen LogP contribution in [0.5, 0.6) is 0 Å². The van der Waals surface area contributed by atoms with Crippen molar-refractivity contribution < 1.29 is 0 Å². The molecule has 112 valence electrons. The largest absolute Gasteiger partial charge is 0.385 e. The van der Waals surface area contributed by atoms with Crippen LogP contribution in [0.25, 0.3) is 0 Å². The molecule has 0 saturated heterocycles. The Morgan fingerprint density at radius 1 is 1.00 bits per heavy atom. The summed E-state index contributed by atoms with van der Waals surface area (Å²) in [5.74, 6) is 0. The fourth-order valence-corrected chi connectivity index (χ4v) is 1.63. The molecule has 0 aromatic heterocycles. The van der Waals surface area contributed by atoms with Crippen molar-refractivity contribution in [3.8, 4) is 0 Å². The third-order valence-corrected chi connectivity index (χ3v) is 2.44. The van der Waals surface area contributed by atoms with Gasteiger partial charge in [0.15, 0.2) is 0 Å². The lowest BCUT2D eigenvalue weighted by atomic mass is 10.1. The van der Waals surface area contributed by atoms with Gasteiger partial charge in [0.25, 0.3) is 0 Å². The van der Waals surface area contributed by atoms with E-state index in [9.17, 15) is 0 Å². The van der Waals surface area contributed by atoms with Gasteiger partial charge in [-0.2, -0.15) is 0 Å². The highest BCUT2D eigenvalue weighted by atomic mass is 14.9. The van der Waals surface area contributed by atoms with Gasteiger partial charge < -0.3 is 10.6 Å². The zero-order valence-electron chi connectivity index (χ0n) is 13.5. The van der Waals surface area contributed by atoms with E-state index < -0.39 is 0 Å². The summed E-state index contributed by atoms with van der Waals surface area (Å²) in [5, 5.41) is 6.80. The van der Waals surface area contributed by atoms with Gasteiger partial charge in [0.05, 0.1) is 0 Å². The third-order valence-electron chi connectivity index (χ3n) is 2.44. The van der Waals surface area contributed by atoms with Crippen LogP contribution < -0.4 is 10.6 Å². The zero-order valence-corrected chi connectivity index (χ0v) is 13.5. The summed E-state index contributed by atoms with van der Waals surface area (Å²) in [7, 11) is 0. The maximum atomic E-state index is 3.84. The Hall–Kier alpha value is -1.02. The van der Waals surface area contributed by atoms with Gasteiger partial charge in [-0.25, -0.2) is 0 Å². The maximum absolute atomic E-state index is 3.84. The van der Waals surface area contributed by atoms with Crippen LogP contribution >= 0.6 is 0 Å². The van der Waals surface area contributed by atoms with Crippen LogP contribution in [-0.2, 0) is 0 Å². The lowest BCUT2D eigenvalue weighted by molar-refractivity contribution is 0.595. The predicted octanol–water partition coefficient (Wildman–Crippen LogP) is 4.42. The van der Waals surface area contributed by atoms with Crippen LogP contribution in [0.2, 0.25) is 0 Å². The van der Waals surface area contributed by atoms with Crippen molar-refractivity contribution >= 4 is 0 Å². The molecule has 0 aliphatic carbocycles. The minimum Gasteiger partial charge on any atom is -0.385 e. The van der Waals surface area contributed by atoms with Crippen LogP contribution in [-0.4, -0.2) is 19.6 Å². The molecule has 0 atom stereocenters. The summed E-state index contributed by atoms with van der Waals surface area (Å²) in [5.41, 5.74) is 2.44. The molecule has 1 aliphatic rings. The molecule has 1 aliphatic heterocycles. The van der Waals surface area contributed by atoms with Gasteiger partial charge in [-0.15, -0.1) is 0 Å². The number of hydrogen-bond acceptors (Lipinski definition) is 2. The van der Waals surface area contributed by atoms with E-state index in [1.807, 2.05) is 26.0 Å². The van der Waals surface area contributed by atoms with E-state index in [0.29, 0.717) is 0 Å². The van der Waals surface area contributed by atoms with E-state index in [2.05, 4.69) is 37.6 Å². The Bertz CT molecular complexity index is 218. The number of rotatable bonds is 2. The topological polar surface area (TPSA) is 24.1 Å². The van der Waals surface area contributed by atoms with Gasteiger partial charge in [-0.1, -0.05) is 53.3 Å². The number of allylic oxidation sites excluding steroid dienone is 3. The normalized spacial score (nSPS) is 19.6. The lowest BCUT2D eigenvalue weighted by Gasteiger charge is -2.14. The molecule has 2 nitrogen and oxygen atoms in total. The molecule has 0 saturated carbocycles. The van der Waals surface area contributed by atoms with Gasteiger partial charge in [-0.3, -0.25) is 0 Å². The van der Waals surface area contributed by atoms with Crippen LogP contribution in [0.3, 0.4) is 0 Å². The van der Waals surface area contributed by atoms with Crippen molar-refractivity contribution in [1.82, 2.24) is 10.6 Å². The summed E-state index contributed by atoms with van der Waals surface area (Å²) >= 11 is 0. The molecule has 0 spiro atoms. The zero-order chi connectivity index (χ0) is 14.9. The highest BCUT2D eigenvalue weighted by Gasteiger charge is 2.02. The molecule has 0 aromatic carbocycles. The van der Waals surface area contributed by atoms with Crippen LogP contribution in [0.15, 0.2) is 36.6 Å². The van der Waals surface area contributed by atoms with Gasteiger partial charge in [0.1, 0.15) is 0 Å². The Kier molecular flexibility index (Phi) is 18.1. The molecular weight excluding hydrogens is 232 g/mol. The molecule has 0 amide bonds. The fourth-order valence-electron chi connectivity index (χ4n) is 1.63. The van der Waals surface area contributed by atoms with E-state index in [1.54, 1.807) is 0 Å². The second-order valence-electron chi connectivity index (χ2n) is 4.19. The first-order valence-electron chi connectivity index (χ1n) is 7.72. The standard InChI is InChI=1S/C12H20N2.C3H8.C2H6/c1-3-11-7-5-8-13-9-6-10-14-12(11)4-2;1-3-2;1-2/h3-4,13-14H,1-2,5-10H2;3H2,1-2H3;1-2H3/b12-11-;;. The number of hydrogen-bond donors (Lipinski definition) is 2. The van der Waals surface area contributed by atoms with Crippen molar-refractivity contribution in [2.75, 3.05) is 19.6 Å². The van der Waals surface area contributed by atoms with Crippen LogP contribution in [0.1, 0.15) is 53.4 Å². The summed E-state index contributed by atoms with van der Waals surface area (Å²) < 4.78 is 0. The van der Waals surface area contributed by atoms with Crippen molar-refractivity contribution in [3.63, 3.8) is 0 Å². The van der Waals surface area contributed by atoms with Crippen LogP contribution in [0, 0.1) is 0 Å². The Morgan fingerprint density at radius 2 is 1.58 bits per heavy atom. The number of nitrogens with one attached hydrogen (secondary N) is 2. The minimum atomic E-state index is 1.01. The van der Waals surface area contributed by atoms with Crippen molar-refractivity contribution in [2.45, 2.75) is 53.4 Å². The van der Waals surface area contributed by atoms with Gasteiger partial charge in [0.2, 0.25) is 0 Å². The van der Waals surface area contributed by atoms with Gasteiger partial charge in [0, 0.05) is 12.2 Å². The Balaban J connectivity index is 0. The molecule has 2 N–H and O–H groups in total. The molecule has 0 radical (unpaired) electrons. The first kappa shape index (κ1) is 20.3. The predicted molar refractivity (Wildman–Crippen MR) is 89.5 cm³/mol. The third kappa shape index (κ3) is 11.8. The smallest absolute Gasteiger partial charge is 0.0366 e. The van der Waals surface area contributed by atoms with E-state index in [4.69, 9.17) is 0 Å². The summed E-state index contributed by atoms with van der Waals surface area (Å²) in [6.07, 6.45) is 8.48. The first-order valence-corrected chi connectivity index (χ1v) is 7.72. The minimum absolute atomic E-state index is 1.01. The van der Waals surface area contributed by atoms with Crippen molar-refractivity contribution in [1.29, 1.82) is 0 Å². The van der Waals surface area contributed by atoms with Gasteiger partial charge in [-0.05, 0) is 44.0 Å². The quantitative estimate of drug-likeness (QED) is 0.773. The average Bonchev–Trinajstić information content (AvgIpc) is 2.46. The highest BCUT2D eigenvalue weighted by Crippen LogP contribution is 2.11. The summed E-state index contributed by atoms with van der Waals surface area (Å²) in [6.45, 7) is 19.1. The summed E-state index contributed by atoms with van der Waals surface area (Å²) in [4.78, 5) is 0. The van der Waals surface area contributed by atoms with E-state index in [0.717, 1.165) is 38.2 Å². The molecule has 1 rings (SSSR count). The van der Waals surface area contributed by atoms with E-state index in [-0.39, 0.29) is 0 Å². The monoisotopic (exact) mass is 266 g/mol. The second kappa shape index (κ2) is 17.0. The maximum Gasteiger partial charge on any atom is 0.0366 e. The summed E-state index contributed by atoms with van der Waals surface area (Å²) in [6, 6.07) is 0. The van der Waals surface area contributed by atoms with Crippen LogP contribution in [0.4, 0.5) is 0 Å². The Morgan fingerprint density at radius 3 is 2.11 bits per heavy atom. The van der Waals surface area contributed by atoms with E-state index in [1.165, 1.54) is 18.4 Å². The molecule has 19 heavy (non-hydrogen) atoms. The molecule has 2 heteroatoms. The molecule has 0 bridgehead atoms. The lowest BCUT2D eigenvalue weighted by Crippen LogP contribution is -2.24. The molecule has 1 heterocycles. The van der Waals surface area contributed by atoms with Crippen molar-refractivity contribution in [3.05, 3.63) is 36.6 Å². The highest BCUT2D eigenvalue weighted by molar-refractivity contribution is 5.30.